The van der Waals surface area contributed by atoms with E-state index in [9.17, 15) is 23.5 Å². The van der Waals surface area contributed by atoms with Crippen LogP contribution in [0.3, 0.4) is 0 Å². The van der Waals surface area contributed by atoms with Gasteiger partial charge in [0.1, 0.15) is 5.78 Å². The molecule has 0 saturated heterocycles. The Balaban J connectivity index is 1.87. The van der Waals surface area contributed by atoms with Crippen molar-refractivity contribution in [2.45, 2.75) is 89.6 Å². The molecule has 4 atom stereocenters. The Morgan fingerprint density at radius 1 is 1.14 bits per heavy atom. The second-order valence-electron chi connectivity index (χ2n) is 8.30. The SMILES string of the molecule is CCCCCC(=O)CC[C@]12[C@@H](C/C=C\CCCC(=O)OC)[C@@H](O)C[C@H]1C2(F)F. The van der Waals surface area contributed by atoms with Gasteiger partial charge in [-0.05, 0) is 38.5 Å². The quantitative estimate of drug-likeness (QED) is 0.273. The van der Waals surface area contributed by atoms with Crippen LogP contribution in [-0.2, 0) is 14.3 Å². The average molecular weight is 401 g/mol. The Morgan fingerprint density at radius 2 is 1.89 bits per heavy atom. The highest BCUT2D eigenvalue weighted by atomic mass is 19.3. The number of carbonyl (C=O) groups excluding carboxylic acids is 2. The van der Waals surface area contributed by atoms with E-state index >= 15 is 0 Å². The monoisotopic (exact) mass is 400 g/mol. The van der Waals surface area contributed by atoms with Gasteiger partial charge in [0.2, 0.25) is 0 Å². The molecule has 0 bridgehead atoms. The second-order valence-corrected chi connectivity index (χ2v) is 8.30. The van der Waals surface area contributed by atoms with Crippen molar-refractivity contribution in [3.8, 4) is 0 Å². The number of rotatable bonds is 13. The van der Waals surface area contributed by atoms with E-state index in [4.69, 9.17) is 0 Å². The summed E-state index contributed by atoms with van der Waals surface area (Å²) in [6.45, 7) is 2.06. The lowest BCUT2D eigenvalue weighted by molar-refractivity contribution is -0.140. The van der Waals surface area contributed by atoms with E-state index in [-0.39, 0.29) is 31.0 Å². The number of allylic oxidation sites excluding steroid dienone is 2. The predicted octanol–water partition coefficient (Wildman–Crippen LogP) is 4.84. The van der Waals surface area contributed by atoms with Crippen molar-refractivity contribution < 1.29 is 28.2 Å². The molecular weight excluding hydrogens is 366 g/mol. The van der Waals surface area contributed by atoms with E-state index in [1.54, 1.807) is 0 Å². The lowest BCUT2D eigenvalue weighted by Gasteiger charge is -2.27. The van der Waals surface area contributed by atoms with Crippen LogP contribution < -0.4 is 0 Å². The molecule has 2 aliphatic carbocycles. The number of unbranched alkanes of at least 4 members (excludes halogenated alkanes) is 3. The van der Waals surface area contributed by atoms with Crippen molar-refractivity contribution in [3.63, 3.8) is 0 Å². The standard InChI is InChI=1S/C22H34F2O4/c1-3-4-7-10-16(25)13-14-21-17(18(26)15-19(21)22(21,23)24)11-8-5-6-9-12-20(27)28-2/h5,8,17-19,26H,3-4,6-7,9-15H2,1-2H3/b8-5-/t17-,18-,19+,21-/m0/s1. The zero-order valence-corrected chi connectivity index (χ0v) is 17.1. The number of halogens is 2. The van der Waals surface area contributed by atoms with E-state index in [1.165, 1.54) is 7.11 Å². The van der Waals surface area contributed by atoms with Gasteiger partial charge in [-0.3, -0.25) is 9.59 Å². The molecule has 0 amide bonds. The molecule has 0 aromatic carbocycles. The lowest BCUT2D eigenvalue weighted by atomic mass is 9.81. The molecule has 2 fully saturated rings. The molecule has 0 radical (unpaired) electrons. The number of ether oxygens (including phenoxy) is 1. The van der Waals surface area contributed by atoms with Crippen LogP contribution in [-0.4, -0.2) is 36.0 Å². The Bertz CT molecular complexity index is 575. The maximum Gasteiger partial charge on any atom is 0.305 e. The fraction of sp³-hybridized carbons (Fsp3) is 0.818. The molecule has 2 aliphatic rings. The fourth-order valence-corrected chi connectivity index (χ4v) is 4.93. The number of hydrogen-bond acceptors (Lipinski definition) is 4. The lowest BCUT2D eigenvalue weighted by Crippen LogP contribution is -2.31. The summed E-state index contributed by atoms with van der Waals surface area (Å²) in [5, 5.41) is 10.3. The van der Waals surface area contributed by atoms with Crippen molar-refractivity contribution >= 4 is 11.8 Å². The van der Waals surface area contributed by atoms with Gasteiger partial charge in [-0.2, -0.15) is 0 Å². The van der Waals surface area contributed by atoms with Crippen LogP contribution in [0.4, 0.5) is 8.78 Å². The summed E-state index contributed by atoms with van der Waals surface area (Å²) < 4.78 is 33.7. The number of carbonyl (C=O) groups is 2. The minimum absolute atomic E-state index is 0.0581. The van der Waals surface area contributed by atoms with E-state index in [0.29, 0.717) is 32.1 Å². The van der Waals surface area contributed by atoms with Gasteiger partial charge in [-0.25, -0.2) is 8.78 Å². The van der Waals surface area contributed by atoms with Gasteiger partial charge in [0, 0.05) is 36.5 Å². The fourth-order valence-electron chi connectivity index (χ4n) is 4.93. The van der Waals surface area contributed by atoms with Gasteiger partial charge in [-0.15, -0.1) is 0 Å². The summed E-state index contributed by atoms with van der Waals surface area (Å²) in [4.78, 5) is 23.2. The first-order valence-corrected chi connectivity index (χ1v) is 10.6. The summed E-state index contributed by atoms with van der Waals surface area (Å²) in [5.74, 6) is -4.28. The normalized spacial score (nSPS) is 30.4. The van der Waals surface area contributed by atoms with Crippen molar-refractivity contribution in [3.05, 3.63) is 12.2 Å². The Kier molecular flexibility index (Phi) is 8.17. The Labute approximate surface area is 166 Å². The number of Topliss-reactive ketones (excluding diaryl/α,β-unsaturated/α-hetero) is 1. The summed E-state index contributed by atoms with van der Waals surface area (Å²) >= 11 is 0. The van der Waals surface area contributed by atoms with E-state index < -0.39 is 29.3 Å². The maximum atomic E-state index is 14.5. The van der Waals surface area contributed by atoms with Gasteiger partial charge < -0.3 is 9.84 Å². The summed E-state index contributed by atoms with van der Waals surface area (Å²) in [6, 6.07) is 0. The molecule has 1 N–H and O–H groups in total. The highest BCUT2D eigenvalue weighted by Gasteiger charge is 2.85. The highest BCUT2D eigenvalue weighted by molar-refractivity contribution is 5.78. The first kappa shape index (κ1) is 23.0. The maximum absolute atomic E-state index is 14.5. The van der Waals surface area contributed by atoms with Crippen LogP contribution in [0, 0.1) is 17.3 Å². The molecule has 0 aliphatic heterocycles. The molecule has 0 spiro atoms. The van der Waals surface area contributed by atoms with Gasteiger partial charge in [0.25, 0.3) is 5.92 Å². The van der Waals surface area contributed by atoms with Crippen LogP contribution in [0.15, 0.2) is 12.2 Å². The van der Waals surface area contributed by atoms with Gasteiger partial charge in [0.15, 0.2) is 0 Å². The molecule has 0 heterocycles. The average Bonchev–Trinajstić information content (AvgIpc) is 2.95. The van der Waals surface area contributed by atoms with Crippen LogP contribution in [0.5, 0.6) is 0 Å². The highest BCUT2D eigenvalue weighted by Crippen LogP contribution is 2.78. The molecule has 2 rings (SSSR count). The number of fused-ring (bicyclic) bond motifs is 1. The van der Waals surface area contributed by atoms with Gasteiger partial charge in [0.05, 0.1) is 13.2 Å². The Morgan fingerprint density at radius 3 is 2.57 bits per heavy atom. The van der Waals surface area contributed by atoms with Gasteiger partial charge >= 0.3 is 5.97 Å². The summed E-state index contributed by atoms with van der Waals surface area (Å²) in [7, 11) is 1.35. The zero-order chi connectivity index (χ0) is 20.8. The third kappa shape index (κ3) is 4.81. The molecule has 0 unspecified atom stereocenters. The predicted molar refractivity (Wildman–Crippen MR) is 103 cm³/mol. The van der Waals surface area contributed by atoms with Crippen LogP contribution >= 0.6 is 0 Å². The number of ketones is 1. The topological polar surface area (TPSA) is 63.6 Å². The van der Waals surface area contributed by atoms with Crippen molar-refractivity contribution in [1.82, 2.24) is 0 Å². The van der Waals surface area contributed by atoms with Crippen molar-refractivity contribution in [2.24, 2.45) is 17.3 Å². The van der Waals surface area contributed by atoms with Crippen molar-refractivity contribution in [1.29, 1.82) is 0 Å². The van der Waals surface area contributed by atoms with Crippen LogP contribution in [0.1, 0.15) is 77.6 Å². The molecule has 160 valence electrons. The number of esters is 1. The molecule has 0 aromatic rings. The van der Waals surface area contributed by atoms with E-state index in [1.807, 2.05) is 12.2 Å². The molecule has 2 saturated carbocycles. The number of methoxy groups -OCH3 is 1. The van der Waals surface area contributed by atoms with Crippen LogP contribution in [0.25, 0.3) is 0 Å². The van der Waals surface area contributed by atoms with E-state index in [0.717, 1.165) is 19.3 Å². The number of alkyl halides is 2. The first-order chi connectivity index (χ1) is 13.3. The molecular formula is C22H34F2O4. The number of aliphatic hydroxyl groups is 1. The first-order valence-electron chi connectivity index (χ1n) is 10.6. The Hall–Kier alpha value is -1.30. The van der Waals surface area contributed by atoms with Crippen LogP contribution in [0.2, 0.25) is 0 Å². The third-order valence-corrected chi connectivity index (χ3v) is 6.61. The molecule has 4 nitrogen and oxygen atoms in total. The molecule has 28 heavy (non-hydrogen) atoms. The van der Waals surface area contributed by atoms with Gasteiger partial charge in [-0.1, -0.05) is 31.9 Å². The van der Waals surface area contributed by atoms with Crippen molar-refractivity contribution in [2.75, 3.05) is 7.11 Å². The minimum Gasteiger partial charge on any atom is -0.469 e. The number of hydrogen-bond donors (Lipinski definition) is 1. The third-order valence-electron chi connectivity index (χ3n) is 6.61. The van der Waals surface area contributed by atoms with E-state index in [2.05, 4.69) is 11.7 Å². The number of aliphatic hydroxyl groups excluding tert-OH is 1. The smallest absolute Gasteiger partial charge is 0.305 e. The summed E-state index contributed by atoms with van der Waals surface area (Å²) in [6.07, 6.45) is 8.79. The molecule has 6 heteroatoms. The second kappa shape index (κ2) is 9.95. The largest absolute Gasteiger partial charge is 0.469 e. The molecule has 0 aromatic heterocycles. The summed E-state index contributed by atoms with van der Waals surface area (Å²) in [5.41, 5.74) is -1.22. The minimum atomic E-state index is -2.78. The zero-order valence-electron chi connectivity index (χ0n) is 17.1.